The summed E-state index contributed by atoms with van der Waals surface area (Å²) in [4.78, 5) is 2.48. The number of benzene rings is 1. The molecule has 2 rings (SSSR count). The Balaban J connectivity index is 2.29. The van der Waals surface area contributed by atoms with Gasteiger partial charge in [-0.2, -0.15) is 5.26 Å². The Morgan fingerprint density at radius 2 is 2.05 bits per heavy atom. The molecule has 0 aromatic heterocycles. The van der Waals surface area contributed by atoms with E-state index in [0.29, 0.717) is 12.0 Å². The summed E-state index contributed by atoms with van der Waals surface area (Å²) in [6.07, 6.45) is 6.33. The summed E-state index contributed by atoms with van der Waals surface area (Å²) < 4.78 is 1.05. The maximum Gasteiger partial charge on any atom is 0.101 e. The number of halogens is 1. The van der Waals surface area contributed by atoms with E-state index in [-0.39, 0.29) is 0 Å². The van der Waals surface area contributed by atoms with Gasteiger partial charge in [-0.15, -0.1) is 0 Å². The van der Waals surface area contributed by atoms with Gasteiger partial charge in [-0.3, -0.25) is 0 Å². The van der Waals surface area contributed by atoms with Crippen molar-refractivity contribution in [3.8, 4) is 6.07 Å². The summed E-state index contributed by atoms with van der Waals surface area (Å²) in [6.45, 7) is 5.57. The van der Waals surface area contributed by atoms with Crippen LogP contribution in [0.25, 0.3) is 0 Å². The minimum Gasteiger partial charge on any atom is -0.367 e. The lowest BCUT2D eigenvalue weighted by atomic mass is 10.1. The zero-order valence-electron chi connectivity index (χ0n) is 12.4. The summed E-state index contributed by atoms with van der Waals surface area (Å²) in [5, 5.41) is 9.39. The van der Waals surface area contributed by atoms with Gasteiger partial charge in [0.1, 0.15) is 6.07 Å². The Morgan fingerprint density at radius 3 is 2.65 bits per heavy atom. The summed E-state index contributed by atoms with van der Waals surface area (Å²) in [5.74, 6) is 0.691. The summed E-state index contributed by atoms with van der Waals surface area (Å²) >= 11 is 3.55. The molecule has 108 valence electrons. The third-order valence-electron chi connectivity index (χ3n) is 4.10. The van der Waals surface area contributed by atoms with Crippen molar-refractivity contribution in [1.82, 2.24) is 0 Å². The van der Waals surface area contributed by atoms with Crippen LogP contribution < -0.4 is 4.90 Å². The van der Waals surface area contributed by atoms with Crippen LogP contribution in [0.5, 0.6) is 0 Å². The molecule has 0 radical (unpaired) electrons. The first kappa shape index (κ1) is 15.4. The highest BCUT2D eigenvalue weighted by Gasteiger charge is 2.24. The van der Waals surface area contributed by atoms with Gasteiger partial charge in [0.25, 0.3) is 0 Å². The molecule has 1 aromatic rings. The predicted molar refractivity (Wildman–Crippen MR) is 87.9 cm³/mol. The van der Waals surface area contributed by atoms with E-state index in [4.69, 9.17) is 0 Å². The van der Waals surface area contributed by atoms with Gasteiger partial charge in [0.15, 0.2) is 0 Å². The lowest BCUT2D eigenvalue weighted by Gasteiger charge is -2.32. The Hall–Kier alpha value is -1.01. The van der Waals surface area contributed by atoms with Gasteiger partial charge in [-0.25, -0.2) is 0 Å². The second-order valence-corrected chi connectivity index (χ2v) is 7.00. The van der Waals surface area contributed by atoms with Crippen LogP contribution in [0.3, 0.4) is 0 Å². The molecule has 0 N–H and O–H groups in total. The molecule has 0 atom stereocenters. The van der Waals surface area contributed by atoms with Gasteiger partial charge in [-0.05, 0) is 43.4 Å². The van der Waals surface area contributed by atoms with Crippen LogP contribution in [-0.2, 0) is 0 Å². The third-order valence-corrected chi connectivity index (χ3v) is 4.60. The molecule has 0 heterocycles. The van der Waals surface area contributed by atoms with Crippen LogP contribution in [-0.4, -0.2) is 12.6 Å². The van der Waals surface area contributed by atoms with Crippen LogP contribution in [0.1, 0.15) is 51.5 Å². The topological polar surface area (TPSA) is 27.0 Å². The molecule has 0 unspecified atom stereocenters. The van der Waals surface area contributed by atoms with Gasteiger partial charge in [0.2, 0.25) is 0 Å². The third kappa shape index (κ3) is 3.76. The van der Waals surface area contributed by atoms with E-state index in [9.17, 15) is 5.26 Å². The van der Waals surface area contributed by atoms with E-state index in [1.165, 1.54) is 32.1 Å². The Morgan fingerprint density at radius 1 is 1.35 bits per heavy atom. The highest BCUT2D eigenvalue weighted by molar-refractivity contribution is 9.10. The van der Waals surface area contributed by atoms with Gasteiger partial charge >= 0.3 is 0 Å². The van der Waals surface area contributed by atoms with Crippen molar-refractivity contribution in [2.75, 3.05) is 11.4 Å². The first-order valence-corrected chi connectivity index (χ1v) is 8.37. The van der Waals surface area contributed by atoms with Crippen molar-refractivity contribution in [3.05, 3.63) is 28.2 Å². The van der Waals surface area contributed by atoms with Crippen LogP contribution in [0, 0.1) is 17.2 Å². The molecule has 0 saturated heterocycles. The normalized spacial score (nSPS) is 15.6. The fourth-order valence-electron chi connectivity index (χ4n) is 2.95. The van der Waals surface area contributed by atoms with Gasteiger partial charge in [0.05, 0.1) is 11.3 Å². The molecule has 0 amide bonds. The number of hydrogen-bond acceptors (Lipinski definition) is 2. The second kappa shape index (κ2) is 7.13. The predicted octanol–water partition coefficient (Wildman–Crippen LogP) is 5.12. The van der Waals surface area contributed by atoms with E-state index in [1.54, 1.807) is 0 Å². The fraction of sp³-hybridized carbons (Fsp3) is 0.588. The van der Waals surface area contributed by atoms with E-state index >= 15 is 0 Å². The van der Waals surface area contributed by atoms with E-state index in [2.05, 4.69) is 46.8 Å². The number of rotatable bonds is 5. The molecule has 3 heteroatoms. The average molecular weight is 335 g/mol. The number of hydrogen-bond donors (Lipinski definition) is 0. The zero-order valence-corrected chi connectivity index (χ0v) is 14.0. The highest BCUT2D eigenvalue weighted by atomic mass is 79.9. The molecule has 2 nitrogen and oxygen atoms in total. The van der Waals surface area contributed by atoms with Crippen molar-refractivity contribution >= 4 is 21.6 Å². The minimum atomic E-state index is 0.607. The second-order valence-electron chi connectivity index (χ2n) is 6.09. The Bertz CT molecular complexity index is 484. The molecule has 1 saturated carbocycles. The van der Waals surface area contributed by atoms with Crippen LogP contribution in [0.2, 0.25) is 0 Å². The number of anilines is 1. The smallest absolute Gasteiger partial charge is 0.101 e. The minimum absolute atomic E-state index is 0.607. The molecular formula is C17H23BrN2. The molecule has 1 aliphatic rings. The van der Waals surface area contributed by atoms with E-state index in [1.807, 2.05) is 12.1 Å². The van der Waals surface area contributed by atoms with Crippen LogP contribution in [0.15, 0.2) is 22.7 Å². The summed E-state index contributed by atoms with van der Waals surface area (Å²) in [7, 11) is 0. The monoisotopic (exact) mass is 334 g/mol. The summed E-state index contributed by atoms with van der Waals surface area (Å²) in [6, 6.07) is 8.95. The van der Waals surface area contributed by atoms with Crippen molar-refractivity contribution in [2.45, 2.75) is 52.0 Å². The molecular weight excluding hydrogens is 312 g/mol. The largest absolute Gasteiger partial charge is 0.367 e. The van der Waals surface area contributed by atoms with E-state index < -0.39 is 0 Å². The standard InChI is InChI=1S/C17H23BrN2/c1-13(2)9-10-20(16-5-3-4-6-16)17-11-15(18)8-7-14(17)12-19/h7-8,11,13,16H,3-6,9-10H2,1-2H3. The first-order chi connectivity index (χ1) is 9.61. The van der Waals surface area contributed by atoms with E-state index in [0.717, 1.165) is 22.3 Å². The molecule has 0 aliphatic heterocycles. The molecule has 1 aliphatic carbocycles. The zero-order chi connectivity index (χ0) is 14.5. The van der Waals surface area contributed by atoms with Crippen molar-refractivity contribution < 1.29 is 0 Å². The maximum atomic E-state index is 9.39. The lowest BCUT2D eigenvalue weighted by molar-refractivity contribution is 0.528. The van der Waals surface area contributed by atoms with Gasteiger partial charge < -0.3 is 4.90 Å². The number of nitrogens with zero attached hydrogens (tertiary/aromatic N) is 2. The quantitative estimate of drug-likeness (QED) is 0.747. The van der Waals surface area contributed by atoms with Crippen LogP contribution in [0.4, 0.5) is 5.69 Å². The van der Waals surface area contributed by atoms with Gasteiger partial charge in [0, 0.05) is 17.1 Å². The highest BCUT2D eigenvalue weighted by Crippen LogP contribution is 2.32. The molecule has 0 spiro atoms. The molecule has 20 heavy (non-hydrogen) atoms. The molecule has 0 bridgehead atoms. The SMILES string of the molecule is CC(C)CCN(c1cc(Br)ccc1C#N)C1CCCC1. The fourth-order valence-corrected chi connectivity index (χ4v) is 3.30. The van der Waals surface area contributed by atoms with Gasteiger partial charge in [-0.1, -0.05) is 42.6 Å². The number of nitriles is 1. The van der Waals surface area contributed by atoms with Crippen molar-refractivity contribution in [1.29, 1.82) is 5.26 Å². The maximum absolute atomic E-state index is 9.39. The molecule has 1 aromatic carbocycles. The molecule has 1 fully saturated rings. The Labute approximate surface area is 130 Å². The lowest BCUT2D eigenvalue weighted by Crippen LogP contribution is -2.35. The summed E-state index contributed by atoms with van der Waals surface area (Å²) in [5.41, 5.74) is 1.90. The van der Waals surface area contributed by atoms with Crippen molar-refractivity contribution in [3.63, 3.8) is 0 Å². The Kier molecular flexibility index (Phi) is 5.48. The van der Waals surface area contributed by atoms with Crippen LogP contribution >= 0.6 is 15.9 Å². The average Bonchev–Trinajstić information content (AvgIpc) is 2.93. The van der Waals surface area contributed by atoms with Crippen molar-refractivity contribution in [2.24, 2.45) is 5.92 Å². The first-order valence-electron chi connectivity index (χ1n) is 7.58.